The number of benzene rings is 1. The first-order chi connectivity index (χ1) is 17.7. The Kier molecular flexibility index (Phi) is 6.73. The van der Waals surface area contributed by atoms with Gasteiger partial charge in [-0.3, -0.25) is 9.88 Å². The van der Waals surface area contributed by atoms with Crippen molar-refractivity contribution in [2.45, 2.75) is 43.7 Å². The summed E-state index contributed by atoms with van der Waals surface area (Å²) in [6.07, 6.45) is 8.36. The molecule has 192 valence electrons. The number of aromatic amines is 1. The Morgan fingerprint density at radius 1 is 1.14 bits per heavy atom. The van der Waals surface area contributed by atoms with Gasteiger partial charge in [-0.15, -0.1) is 0 Å². The van der Waals surface area contributed by atoms with E-state index in [0.717, 1.165) is 69.4 Å². The number of H-pyrrole nitrogens is 1. The number of hydrogen-bond donors (Lipinski definition) is 2. The van der Waals surface area contributed by atoms with Crippen molar-refractivity contribution in [2.75, 3.05) is 53.1 Å². The number of pyridine rings is 1. The number of aliphatic hydroxyl groups is 1. The van der Waals surface area contributed by atoms with E-state index < -0.39 is 0 Å². The van der Waals surface area contributed by atoms with Gasteiger partial charge in [0.1, 0.15) is 5.75 Å². The molecule has 0 unspecified atom stereocenters. The number of hydrogen-bond acceptors (Lipinski definition) is 6. The summed E-state index contributed by atoms with van der Waals surface area (Å²) in [4.78, 5) is 13.1. The van der Waals surface area contributed by atoms with E-state index in [9.17, 15) is 5.11 Å². The van der Waals surface area contributed by atoms with Crippen molar-refractivity contribution in [3.63, 3.8) is 0 Å². The van der Waals surface area contributed by atoms with Crippen LogP contribution in [0.1, 0.15) is 48.5 Å². The zero-order valence-electron chi connectivity index (χ0n) is 21.3. The number of likely N-dealkylation sites (tertiary alicyclic amines) is 1. The summed E-state index contributed by atoms with van der Waals surface area (Å²) in [5.74, 6) is 1.62. The fraction of sp³-hybridized carbons (Fsp3) is 0.552. The molecule has 2 aromatic heterocycles. The van der Waals surface area contributed by atoms with Gasteiger partial charge in [0.25, 0.3) is 0 Å². The van der Waals surface area contributed by atoms with Crippen molar-refractivity contribution in [3.05, 3.63) is 59.5 Å². The number of nitrogens with one attached hydrogen (secondary N) is 1. The predicted octanol–water partition coefficient (Wildman–Crippen LogP) is 3.88. The number of ether oxygens (including phenoxy) is 2. The summed E-state index contributed by atoms with van der Waals surface area (Å²) in [5.41, 5.74) is 5.01. The minimum atomic E-state index is -0.0579. The van der Waals surface area contributed by atoms with Crippen LogP contribution in [0.4, 0.5) is 0 Å². The van der Waals surface area contributed by atoms with Crippen LogP contribution in [0.5, 0.6) is 5.75 Å². The van der Waals surface area contributed by atoms with Crippen LogP contribution in [0.3, 0.4) is 0 Å². The number of piperidine rings is 1. The molecule has 3 aliphatic rings. The molecule has 2 saturated heterocycles. The van der Waals surface area contributed by atoms with Crippen LogP contribution in [-0.2, 0) is 16.7 Å². The molecule has 7 heteroatoms. The summed E-state index contributed by atoms with van der Waals surface area (Å²) < 4.78 is 11.1. The summed E-state index contributed by atoms with van der Waals surface area (Å²) >= 11 is 0. The maximum atomic E-state index is 10.6. The van der Waals surface area contributed by atoms with Gasteiger partial charge in [0.15, 0.2) is 0 Å². The third-order valence-electron chi connectivity index (χ3n) is 8.82. The van der Waals surface area contributed by atoms with Gasteiger partial charge in [0.2, 0.25) is 0 Å². The van der Waals surface area contributed by atoms with Crippen LogP contribution in [0.2, 0.25) is 0 Å². The average Bonchev–Trinajstić information content (AvgIpc) is 3.31. The minimum absolute atomic E-state index is 0.0579. The molecule has 1 atom stereocenters. The molecule has 3 aliphatic heterocycles. The first kappa shape index (κ1) is 23.9. The van der Waals surface area contributed by atoms with Crippen molar-refractivity contribution in [2.24, 2.45) is 5.92 Å². The lowest BCUT2D eigenvalue weighted by molar-refractivity contribution is 0.0256. The Hall–Kier alpha value is -2.45. The van der Waals surface area contributed by atoms with Crippen molar-refractivity contribution < 1.29 is 14.6 Å². The fourth-order valence-electron chi connectivity index (χ4n) is 6.87. The quantitative estimate of drug-likeness (QED) is 0.546. The molecule has 3 aromatic rings. The molecule has 2 N–H and O–H groups in total. The molecule has 0 bridgehead atoms. The van der Waals surface area contributed by atoms with Gasteiger partial charge < -0.3 is 24.5 Å². The molecule has 0 saturated carbocycles. The lowest BCUT2D eigenvalue weighted by Gasteiger charge is -2.50. The number of rotatable bonds is 6. The minimum Gasteiger partial charge on any atom is -0.497 e. The molecule has 1 aromatic carbocycles. The smallest absolute Gasteiger partial charge is 0.120 e. The van der Waals surface area contributed by atoms with E-state index in [1.54, 1.807) is 7.11 Å². The summed E-state index contributed by atoms with van der Waals surface area (Å²) in [7, 11) is 1.71. The Bertz CT molecular complexity index is 1170. The highest BCUT2D eigenvalue weighted by Gasteiger charge is 2.47. The first-order valence-electron chi connectivity index (χ1n) is 13.4. The third-order valence-corrected chi connectivity index (χ3v) is 8.82. The van der Waals surface area contributed by atoms with Crippen LogP contribution in [0.15, 0.2) is 42.7 Å². The zero-order chi connectivity index (χ0) is 24.5. The zero-order valence-corrected chi connectivity index (χ0v) is 21.3. The number of nitrogens with zero attached hydrogens (tertiary/aromatic N) is 3. The van der Waals surface area contributed by atoms with E-state index in [2.05, 4.69) is 50.1 Å². The Morgan fingerprint density at radius 3 is 2.64 bits per heavy atom. The topological polar surface area (TPSA) is 73.9 Å². The van der Waals surface area contributed by atoms with Gasteiger partial charge in [0.05, 0.1) is 19.8 Å². The van der Waals surface area contributed by atoms with Gasteiger partial charge in [-0.2, -0.15) is 0 Å². The highest BCUT2D eigenvalue weighted by atomic mass is 16.5. The van der Waals surface area contributed by atoms with Gasteiger partial charge in [-0.25, -0.2) is 0 Å². The summed E-state index contributed by atoms with van der Waals surface area (Å²) in [5, 5.41) is 11.9. The maximum Gasteiger partial charge on any atom is 0.120 e. The molecule has 2 fully saturated rings. The van der Waals surface area contributed by atoms with Crippen LogP contribution in [0, 0.1) is 5.92 Å². The third kappa shape index (κ3) is 4.43. The first-order valence-corrected chi connectivity index (χ1v) is 13.4. The number of methoxy groups -OCH3 is 1. The van der Waals surface area contributed by atoms with E-state index in [0.29, 0.717) is 0 Å². The molecule has 1 spiro atoms. The van der Waals surface area contributed by atoms with Crippen molar-refractivity contribution in [3.8, 4) is 5.75 Å². The Balaban J connectivity index is 1.34. The van der Waals surface area contributed by atoms with Crippen molar-refractivity contribution in [1.29, 1.82) is 0 Å². The van der Waals surface area contributed by atoms with Crippen LogP contribution in [-0.4, -0.2) is 78.0 Å². The molecular formula is C29H38N4O3. The lowest BCUT2D eigenvalue weighted by Crippen LogP contribution is -2.54. The maximum absolute atomic E-state index is 10.6. The molecular weight excluding hydrogens is 452 g/mol. The summed E-state index contributed by atoms with van der Waals surface area (Å²) in [6.45, 7) is 7.11. The van der Waals surface area contributed by atoms with Crippen molar-refractivity contribution in [1.82, 2.24) is 19.8 Å². The lowest BCUT2D eigenvalue weighted by atomic mass is 9.68. The normalized spacial score (nSPS) is 23.2. The molecule has 36 heavy (non-hydrogen) atoms. The summed E-state index contributed by atoms with van der Waals surface area (Å²) in [6, 6.07) is 10.5. The molecule has 6 rings (SSSR count). The number of fused-ring (bicyclic) bond motifs is 4. The average molecular weight is 491 g/mol. The van der Waals surface area contributed by atoms with Gasteiger partial charge in [0, 0.05) is 73.3 Å². The van der Waals surface area contributed by atoms with Crippen molar-refractivity contribution >= 4 is 10.9 Å². The number of aliphatic hydroxyl groups excluding tert-OH is 1. The van der Waals surface area contributed by atoms with Gasteiger partial charge in [-0.05, 0) is 80.1 Å². The van der Waals surface area contributed by atoms with Gasteiger partial charge in [-0.1, -0.05) is 0 Å². The monoisotopic (exact) mass is 490 g/mol. The molecule has 5 heterocycles. The molecule has 0 radical (unpaired) electrons. The molecule has 0 amide bonds. The fourth-order valence-corrected chi connectivity index (χ4v) is 6.87. The van der Waals surface area contributed by atoms with E-state index in [4.69, 9.17) is 9.47 Å². The second kappa shape index (κ2) is 10.1. The Morgan fingerprint density at radius 2 is 1.92 bits per heavy atom. The predicted molar refractivity (Wildman–Crippen MR) is 140 cm³/mol. The highest BCUT2D eigenvalue weighted by Crippen LogP contribution is 2.49. The largest absolute Gasteiger partial charge is 0.497 e. The van der Waals surface area contributed by atoms with Crippen LogP contribution < -0.4 is 4.74 Å². The molecule has 7 nitrogen and oxygen atoms in total. The van der Waals surface area contributed by atoms with E-state index in [1.165, 1.54) is 41.6 Å². The standard InChI is InChI=1S/C29H38N4O3/c1-35-23-2-3-24-25(16-23)31-28-26(19-34)33(18-21-4-10-30-11-5-21)20-29(27(24)28)8-12-32(13-9-29)17-22-6-14-36-15-7-22/h2-5,10-11,16,22,26,31,34H,6-9,12-15,17-20H2,1H3/t26-/m0/s1. The second-order valence-corrected chi connectivity index (χ2v) is 10.9. The van der Waals surface area contributed by atoms with Gasteiger partial charge >= 0.3 is 0 Å². The van der Waals surface area contributed by atoms with E-state index >= 15 is 0 Å². The molecule has 0 aliphatic carbocycles. The van der Waals surface area contributed by atoms with E-state index in [1.807, 2.05) is 12.4 Å². The highest BCUT2D eigenvalue weighted by molar-refractivity contribution is 5.87. The second-order valence-electron chi connectivity index (χ2n) is 10.9. The number of aromatic nitrogens is 2. The van der Waals surface area contributed by atoms with E-state index in [-0.39, 0.29) is 18.1 Å². The Labute approximate surface area is 213 Å². The van der Waals surface area contributed by atoms with Crippen LogP contribution in [0.25, 0.3) is 10.9 Å². The van der Waals surface area contributed by atoms with Crippen LogP contribution >= 0.6 is 0 Å². The SMILES string of the molecule is COc1ccc2c3c([nH]c2c1)[C@H](CO)N(Cc1ccncc1)CC31CCN(CC2CCOCC2)CC1.